The summed E-state index contributed by atoms with van der Waals surface area (Å²) in [5.41, 5.74) is 4.86. The van der Waals surface area contributed by atoms with Gasteiger partial charge in [0.25, 0.3) is 0 Å². The smallest absolute Gasteiger partial charge is 0.303 e. The maximum Gasteiger partial charge on any atom is 0.303 e. The Balaban J connectivity index is 2.49. The molecule has 0 spiro atoms. The van der Waals surface area contributed by atoms with E-state index in [2.05, 4.69) is 5.32 Å². The number of rotatable bonds is 6. The van der Waals surface area contributed by atoms with Crippen LogP contribution in [0, 0.1) is 11.6 Å². The number of nitrogens with one attached hydrogen (secondary N) is 1. The van der Waals surface area contributed by atoms with Crippen molar-refractivity contribution < 1.29 is 23.5 Å². The highest BCUT2D eigenvalue weighted by Gasteiger charge is 2.12. The summed E-state index contributed by atoms with van der Waals surface area (Å²) in [6.07, 6.45) is 0.837. The zero-order chi connectivity index (χ0) is 14.4. The van der Waals surface area contributed by atoms with E-state index in [0.717, 1.165) is 6.07 Å². The standard InChI is InChI=1S/C12H14F2N2O3/c13-7-5-6-8(12(15)11(7)14)16-9(17)3-1-2-4-10(18)19/h5-6H,1-4,15H2,(H,16,17)(H,18,19). The van der Waals surface area contributed by atoms with Crippen molar-refractivity contribution in [3.8, 4) is 0 Å². The molecule has 0 saturated carbocycles. The number of hydrogen-bond donors (Lipinski definition) is 3. The lowest BCUT2D eigenvalue weighted by Crippen LogP contribution is -2.13. The van der Waals surface area contributed by atoms with Crippen molar-refractivity contribution in [2.45, 2.75) is 25.7 Å². The summed E-state index contributed by atoms with van der Waals surface area (Å²) in [6, 6.07) is 2.04. The van der Waals surface area contributed by atoms with E-state index in [1.165, 1.54) is 6.07 Å². The lowest BCUT2D eigenvalue weighted by atomic mass is 10.2. The molecule has 1 aromatic rings. The number of carboxylic acids is 1. The van der Waals surface area contributed by atoms with Crippen molar-refractivity contribution in [3.63, 3.8) is 0 Å². The molecule has 4 N–H and O–H groups in total. The lowest BCUT2D eigenvalue weighted by molar-refractivity contribution is -0.137. The SMILES string of the molecule is Nc1c(NC(=O)CCCCC(=O)O)ccc(F)c1F. The topological polar surface area (TPSA) is 92.4 Å². The summed E-state index contributed by atoms with van der Waals surface area (Å²) < 4.78 is 25.9. The highest BCUT2D eigenvalue weighted by atomic mass is 19.2. The number of benzene rings is 1. The maximum absolute atomic E-state index is 13.1. The number of aliphatic carboxylic acids is 1. The second-order valence-corrected chi connectivity index (χ2v) is 3.97. The fourth-order valence-electron chi connectivity index (χ4n) is 1.45. The minimum atomic E-state index is -1.20. The van der Waals surface area contributed by atoms with Gasteiger partial charge in [0, 0.05) is 12.8 Å². The Morgan fingerprint density at radius 2 is 1.84 bits per heavy atom. The molecule has 5 nitrogen and oxygen atoms in total. The molecule has 1 aromatic carbocycles. The third kappa shape index (κ3) is 4.53. The van der Waals surface area contributed by atoms with E-state index in [1.807, 2.05) is 0 Å². The minimum absolute atomic E-state index is 0.00198. The molecule has 1 rings (SSSR count). The van der Waals surface area contributed by atoms with E-state index >= 15 is 0 Å². The van der Waals surface area contributed by atoms with Crippen molar-refractivity contribution in [1.29, 1.82) is 0 Å². The summed E-state index contributed by atoms with van der Waals surface area (Å²) in [6.45, 7) is 0. The summed E-state index contributed by atoms with van der Waals surface area (Å²) >= 11 is 0. The van der Waals surface area contributed by atoms with Gasteiger partial charge in [-0.25, -0.2) is 8.78 Å². The maximum atomic E-state index is 13.1. The Labute approximate surface area is 108 Å². The Bertz CT molecular complexity index is 492. The Kier molecular flexibility index (Phi) is 5.23. The molecule has 0 aliphatic carbocycles. The van der Waals surface area contributed by atoms with Crippen molar-refractivity contribution in [1.82, 2.24) is 0 Å². The Morgan fingerprint density at radius 3 is 2.47 bits per heavy atom. The van der Waals surface area contributed by atoms with Gasteiger partial charge in [-0.2, -0.15) is 0 Å². The summed E-state index contributed by atoms with van der Waals surface area (Å²) in [7, 11) is 0. The molecule has 0 bridgehead atoms. The first-order valence-electron chi connectivity index (χ1n) is 5.67. The third-order valence-electron chi connectivity index (χ3n) is 2.45. The summed E-state index contributed by atoms with van der Waals surface area (Å²) in [4.78, 5) is 21.7. The normalized spacial score (nSPS) is 10.2. The average Bonchev–Trinajstić information content (AvgIpc) is 2.35. The van der Waals surface area contributed by atoms with Gasteiger partial charge >= 0.3 is 5.97 Å². The molecule has 0 fully saturated rings. The number of amides is 1. The Hall–Kier alpha value is -2.18. The van der Waals surface area contributed by atoms with Gasteiger partial charge in [0.1, 0.15) is 0 Å². The molecule has 19 heavy (non-hydrogen) atoms. The molecular weight excluding hydrogens is 258 g/mol. The second kappa shape index (κ2) is 6.67. The molecule has 0 heterocycles. The van der Waals surface area contributed by atoms with Crippen LogP contribution in [0.15, 0.2) is 12.1 Å². The van der Waals surface area contributed by atoms with Crippen LogP contribution in [0.4, 0.5) is 20.2 Å². The fraction of sp³-hybridized carbons (Fsp3) is 0.333. The Morgan fingerprint density at radius 1 is 1.21 bits per heavy atom. The molecule has 0 aliphatic heterocycles. The molecule has 0 aliphatic rings. The summed E-state index contributed by atoms with van der Waals surface area (Å²) in [5.74, 6) is -3.64. The van der Waals surface area contributed by atoms with Gasteiger partial charge in [0.15, 0.2) is 11.6 Å². The zero-order valence-electron chi connectivity index (χ0n) is 10.1. The lowest BCUT2D eigenvalue weighted by Gasteiger charge is -2.09. The number of carbonyl (C=O) groups is 2. The molecule has 0 atom stereocenters. The molecule has 104 valence electrons. The number of unbranched alkanes of at least 4 members (excludes halogenated alkanes) is 1. The number of anilines is 2. The number of carboxylic acid groups (broad SMARTS) is 1. The van der Waals surface area contributed by atoms with Gasteiger partial charge in [0.05, 0.1) is 11.4 Å². The molecule has 0 aromatic heterocycles. The van der Waals surface area contributed by atoms with Gasteiger partial charge in [-0.1, -0.05) is 0 Å². The van der Waals surface area contributed by atoms with E-state index < -0.39 is 29.2 Å². The molecule has 7 heteroatoms. The van der Waals surface area contributed by atoms with Gasteiger partial charge in [-0.15, -0.1) is 0 Å². The number of halogens is 2. The van der Waals surface area contributed by atoms with Crippen LogP contribution >= 0.6 is 0 Å². The van der Waals surface area contributed by atoms with Crippen LogP contribution in [0.5, 0.6) is 0 Å². The van der Waals surface area contributed by atoms with Crippen molar-refractivity contribution >= 4 is 23.3 Å². The highest BCUT2D eigenvalue weighted by Crippen LogP contribution is 2.24. The number of nitrogens with two attached hydrogens (primary N) is 1. The second-order valence-electron chi connectivity index (χ2n) is 3.97. The molecule has 0 unspecified atom stereocenters. The van der Waals surface area contributed by atoms with Gasteiger partial charge in [-0.05, 0) is 25.0 Å². The van der Waals surface area contributed by atoms with Gasteiger partial charge in [0.2, 0.25) is 5.91 Å². The molecular formula is C12H14F2N2O3. The van der Waals surface area contributed by atoms with Crippen LogP contribution in [0.2, 0.25) is 0 Å². The van der Waals surface area contributed by atoms with E-state index in [9.17, 15) is 18.4 Å². The van der Waals surface area contributed by atoms with Crippen molar-refractivity contribution in [2.24, 2.45) is 0 Å². The minimum Gasteiger partial charge on any atom is -0.481 e. The van der Waals surface area contributed by atoms with Crippen LogP contribution in [0.25, 0.3) is 0 Å². The number of carbonyl (C=O) groups excluding carboxylic acids is 1. The van der Waals surface area contributed by atoms with Crippen LogP contribution < -0.4 is 11.1 Å². The average molecular weight is 272 g/mol. The fourth-order valence-corrected chi connectivity index (χ4v) is 1.45. The number of nitrogen functional groups attached to an aromatic ring is 1. The predicted octanol–water partition coefficient (Wildman–Crippen LogP) is 2.13. The van der Waals surface area contributed by atoms with E-state index in [4.69, 9.17) is 10.8 Å². The number of hydrogen-bond acceptors (Lipinski definition) is 3. The van der Waals surface area contributed by atoms with E-state index in [1.54, 1.807) is 0 Å². The predicted molar refractivity (Wildman–Crippen MR) is 65.5 cm³/mol. The van der Waals surface area contributed by atoms with E-state index in [-0.39, 0.29) is 18.5 Å². The van der Waals surface area contributed by atoms with Crippen LogP contribution in [-0.4, -0.2) is 17.0 Å². The molecule has 0 saturated heterocycles. The van der Waals surface area contributed by atoms with Crippen molar-refractivity contribution in [3.05, 3.63) is 23.8 Å². The van der Waals surface area contributed by atoms with Gasteiger partial charge in [-0.3, -0.25) is 9.59 Å². The first-order chi connectivity index (χ1) is 8.91. The van der Waals surface area contributed by atoms with Gasteiger partial charge < -0.3 is 16.2 Å². The molecule has 1 amide bonds. The first kappa shape index (κ1) is 14.9. The zero-order valence-corrected chi connectivity index (χ0v) is 10.1. The highest BCUT2D eigenvalue weighted by molar-refractivity contribution is 5.93. The van der Waals surface area contributed by atoms with Crippen LogP contribution in [-0.2, 0) is 9.59 Å². The van der Waals surface area contributed by atoms with Crippen LogP contribution in [0.3, 0.4) is 0 Å². The van der Waals surface area contributed by atoms with Crippen molar-refractivity contribution in [2.75, 3.05) is 11.1 Å². The monoisotopic (exact) mass is 272 g/mol. The third-order valence-corrected chi connectivity index (χ3v) is 2.45. The molecule has 0 radical (unpaired) electrons. The summed E-state index contributed by atoms with van der Waals surface area (Å²) in [5, 5.41) is 10.8. The first-order valence-corrected chi connectivity index (χ1v) is 5.67. The quantitative estimate of drug-likeness (QED) is 0.546. The van der Waals surface area contributed by atoms with Crippen LogP contribution in [0.1, 0.15) is 25.7 Å². The van der Waals surface area contributed by atoms with E-state index in [0.29, 0.717) is 12.8 Å². The largest absolute Gasteiger partial charge is 0.481 e.